The van der Waals surface area contributed by atoms with E-state index < -0.39 is 12.1 Å². The number of ether oxygens (including phenoxy) is 5. The van der Waals surface area contributed by atoms with Gasteiger partial charge in [0.2, 0.25) is 5.75 Å². The lowest BCUT2D eigenvalue weighted by Crippen LogP contribution is -2.06. The van der Waals surface area contributed by atoms with Gasteiger partial charge in [-0.3, -0.25) is 0 Å². The highest BCUT2D eigenvalue weighted by molar-refractivity contribution is 9.10. The molecule has 0 saturated heterocycles. The van der Waals surface area contributed by atoms with Crippen LogP contribution in [-0.2, 0) is 4.74 Å². The SMILES string of the molecule is COc1cc2c(c(OC)c1OC)C(=O)OC2c1c(OC)ccc(Br)c1C. The van der Waals surface area contributed by atoms with Crippen LogP contribution in [0.5, 0.6) is 23.0 Å². The van der Waals surface area contributed by atoms with Crippen LogP contribution in [0.3, 0.4) is 0 Å². The van der Waals surface area contributed by atoms with Crippen LogP contribution in [0.4, 0.5) is 0 Å². The van der Waals surface area contributed by atoms with Gasteiger partial charge in [0.25, 0.3) is 0 Å². The van der Waals surface area contributed by atoms with Crippen LogP contribution in [0.1, 0.15) is 33.2 Å². The van der Waals surface area contributed by atoms with Crippen LogP contribution >= 0.6 is 15.9 Å². The zero-order chi connectivity index (χ0) is 19.0. The van der Waals surface area contributed by atoms with Gasteiger partial charge in [-0.1, -0.05) is 15.9 Å². The van der Waals surface area contributed by atoms with E-state index in [1.165, 1.54) is 21.3 Å². The van der Waals surface area contributed by atoms with Gasteiger partial charge in [0, 0.05) is 15.6 Å². The third-order valence-corrected chi connectivity index (χ3v) is 5.32. The van der Waals surface area contributed by atoms with E-state index in [1.54, 1.807) is 13.2 Å². The van der Waals surface area contributed by atoms with E-state index in [4.69, 9.17) is 23.7 Å². The fourth-order valence-electron chi connectivity index (χ4n) is 3.22. The van der Waals surface area contributed by atoms with E-state index in [2.05, 4.69) is 15.9 Å². The molecule has 26 heavy (non-hydrogen) atoms. The Labute approximate surface area is 160 Å². The van der Waals surface area contributed by atoms with Crippen molar-refractivity contribution >= 4 is 21.9 Å². The van der Waals surface area contributed by atoms with Gasteiger partial charge in [-0.15, -0.1) is 0 Å². The number of hydrogen-bond donors (Lipinski definition) is 0. The molecule has 1 heterocycles. The van der Waals surface area contributed by atoms with Crippen molar-refractivity contribution in [1.29, 1.82) is 0 Å². The minimum atomic E-state index is -0.640. The molecule has 7 heteroatoms. The molecule has 6 nitrogen and oxygen atoms in total. The van der Waals surface area contributed by atoms with Crippen molar-refractivity contribution in [3.8, 4) is 23.0 Å². The predicted octanol–water partition coefficient (Wildman–Crippen LogP) is 4.05. The topological polar surface area (TPSA) is 63.2 Å². The Kier molecular flexibility index (Phi) is 5.00. The molecule has 0 bridgehead atoms. The molecule has 1 unspecified atom stereocenters. The number of rotatable bonds is 5. The van der Waals surface area contributed by atoms with Gasteiger partial charge < -0.3 is 23.7 Å². The molecule has 1 atom stereocenters. The largest absolute Gasteiger partial charge is 0.496 e. The van der Waals surface area contributed by atoms with E-state index in [0.29, 0.717) is 34.1 Å². The summed E-state index contributed by atoms with van der Waals surface area (Å²) in [5.74, 6) is 1.25. The zero-order valence-electron chi connectivity index (χ0n) is 15.1. The molecule has 0 amide bonds. The Morgan fingerprint density at radius 3 is 2.19 bits per heavy atom. The number of cyclic esters (lactones) is 1. The van der Waals surface area contributed by atoms with Crippen LogP contribution in [0.25, 0.3) is 0 Å². The summed E-state index contributed by atoms with van der Waals surface area (Å²) in [7, 11) is 6.08. The number of carbonyl (C=O) groups excluding carboxylic acids is 1. The maximum absolute atomic E-state index is 12.6. The molecule has 138 valence electrons. The fourth-order valence-corrected chi connectivity index (χ4v) is 3.56. The lowest BCUT2D eigenvalue weighted by Gasteiger charge is -2.20. The maximum atomic E-state index is 12.6. The first-order valence-corrected chi connectivity index (χ1v) is 8.64. The smallest absolute Gasteiger partial charge is 0.343 e. The third-order valence-electron chi connectivity index (χ3n) is 4.46. The third kappa shape index (κ3) is 2.67. The summed E-state index contributed by atoms with van der Waals surface area (Å²) in [4.78, 5) is 12.6. The number of carbonyl (C=O) groups is 1. The summed E-state index contributed by atoms with van der Waals surface area (Å²) in [6.07, 6.45) is -0.640. The van der Waals surface area contributed by atoms with Crippen LogP contribution in [0, 0.1) is 6.92 Å². The van der Waals surface area contributed by atoms with Crippen molar-refractivity contribution in [1.82, 2.24) is 0 Å². The minimum Gasteiger partial charge on any atom is -0.496 e. The van der Waals surface area contributed by atoms with E-state index in [9.17, 15) is 4.79 Å². The number of halogens is 1. The molecule has 0 saturated carbocycles. The van der Waals surface area contributed by atoms with Crippen LogP contribution in [0.15, 0.2) is 22.7 Å². The number of methoxy groups -OCH3 is 4. The second-order valence-corrected chi connectivity index (χ2v) is 6.54. The van der Waals surface area contributed by atoms with E-state index in [0.717, 1.165) is 15.6 Å². The molecule has 0 fully saturated rings. The fraction of sp³-hybridized carbons (Fsp3) is 0.316. The van der Waals surface area contributed by atoms with Gasteiger partial charge in [-0.2, -0.15) is 0 Å². The van der Waals surface area contributed by atoms with Crippen LogP contribution < -0.4 is 18.9 Å². The van der Waals surface area contributed by atoms with Gasteiger partial charge in [0.1, 0.15) is 11.3 Å². The molecule has 3 rings (SSSR count). The van der Waals surface area contributed by atoms with E-state index >= 15 is 0 Å². The summed E-state index contributed by atoms with van der Waals surface area (Å²) >= 11 is 3.53. The van der Waals surface area contributed by atoms with Crippen LogP contribution in [-0.4, -0.2) is 34.4 Å². The van der Waals surface area contributed by atoms with Crippen molar-refractivity contribution in [3.63, 3.8) is 0 Å². The van der Waals surface area contributed by atoms with Gasteiger partial charge >= 0.3 is 5.97 Å². The first-order chi connectivity index (χ1) is 12.5. The Hall–Kier alpha value is -2.41. The molecule has 0 radical (unpaired) electrons. The monoisotopic (exact) mass is 422 g/mol. The van der Waals surface area contributed by atoms with Gasteiger partial charge in [-0.05, 0) is 30.7 Å². The standard InChI is InChI=1S/C19H19BrO6/c1-9-11(20)6-7-12(22-2)14(9)16-10-8-13(23-3)17(24-4)18(25-5)15(10)19(21)26-16/h6-8,16H,1-5H3. The Balaban J connectivity index is 2.30. The molecular formula is C19H19BrO6. The highest BCUT2D eigenvalue weighted by Crippen LogP contribution is 2.51. The summed E-state index contributed by atoms with van der Waals surface area (Å²) in [5.41, 5.74) is 2.66. The molecule has 0 aromatic heterocycles. The molecule has 1 aliphatic rings. The molecule has 0 spiro atoms. The molecule has 1 aliphatic heterocycles. The first-order valence-electron chi connectivity index (χ1n) is 7.85. The Morgan fingerprint density at radius 2 is 1.62 bits per heavy atom. The molecular weight excluding hydrogens is 404 g/mol. The van der Waals surface area contributed by atoms with E-state index in [1.807, 2.05) is 19.1 Å². The maximum Gasteiger partial charge on any atom is 0.343 e. The van der Waals surface area contributed by atoms with Crippen molar-refractivity contribution in [2.75, 3.05) is 28.4 Å². The van der Waals surface area contributed by atoms with Gasteiger partial charge in [0.05, 0.1) is 28.4 Å². The Morgan fingerprint density at radius 1 is 0.962 bits per heavy atom. The van der Waals surface area contributed by atoms with Crippen molar-refractivity contribution in [3.05, 3.63) is 44.9 Å². The summed E-state index contributed by atoms with van der Waals surface area (Å²) < 4.78 is 28.3. The summed E-state index contributed by atoms with van der Waals surface area (Å²) in [6.45, 7) is 1.94. The second kappa shape index (κ2) is 7.07. The van der Waals surface area contributed by atoms with Crippen molar-refractivity contribution in [2.45, 2.75) is 13.0 Å². The lowest BCUT2D eigenvalue weighted by atomic mass is 9.94. The quantitative estimate of drug-likeness (QED) is 0.677. The zero-order valence-corrected chi connectivity index (χ0v) is 16.7. The summed E-state index contributed by atoms with van der Waals surface area (Å²) in [5, 5.41) is 0. The van der Waals surface area contributed by atoms with Gasteiger partial charge in [0.15, 0.2) is 17.6 Å². The van der Waals surface area contributed by atoms with E-state index in [-0.39, 0.29) is 0 Å². The first kappa shape index (κ1) is 18.4. The molecule has 0 N–H and O–H groups in total. The number of esters is 1. The molecule has 0 aliphatic carbocycles. The highest BCUT2D eigenvalue weighted by Gasteiger charge is 2.40. The number of benzene rings is 2. The van der Waals surface area contributed by atoms with Crippen molar-refractivity contribution in [2.24, 2.45) is 0 Å². The average molecular weight is 423 g/mol. The Bertz CT molecular complexity index is 877. The average Bonchev–Trinajstić information content (AvgIpc) is 2.97. The van der Waals surface area contributed by atoms with Gasteiger partial charge in [-0.25, -0.2) is 4.79 Å². The molecule has 2 aromatic rings. The predicted molar refractivity (Wildman–Crippen MR) is 98.8 cm³/mol. The number of hydrogen-bond acceptors (Lipinski definition) is 6. The summed E-state index contributed by atoms with van der Waals surface area (Å²) in [6, 6.07) is 5.47. The normalized spacial score (nSPS) is 15.3. The second-order valence-electron chi connectivity index (χ2n) is 5.68. The highest BCUT2D eigenvalue weighted by atomic mass is 79.9. The minimum absolute atomic E-state index is 0.293. The molecule has 2 aromatic carbocycles. The number of fused-ring (bicyclic) bond motifs is 1. The van der Waals surface area contributed by atoms with Crippen LogP contribution in [0.2, 0.25) is 0 Å². The lowest BCUT2D eigenvalue weighted by molar-refractivity contribution is 0.0449. The van der Waals surface area contributed by atoms with Crippen molar-refractivity contribution < 1.29 is 28.5 Å².